The summed E-state index contributed by atoms with van der Waals surface area (Å²) in [6.45, 7) is 0. The summed E-state index contributed by atoms with van der Waals surface area (Å²) in [5.41, 5.74) is 0. The van der Waals surface area contributed by atoms with Crippen molar-refractivity contribution < 1.29 is 21.4 Å². The highest BCUT2D eigenvalue weighted by Gasteiger charge is 2.42. The summed E-state index contributed by atoms with van der Waals surface area (Å²) in [5.74, 6) is -0.819. The molecule has 0 aromatic heterocycles. The molecule has 1 aliphatic heterocycles. The van der Waals surface area contributed by atoms with Crippen molar-refractivity contribution in [2.24, 2.45) is 0 Å². The fraction of sp³-hybridized carbons (Fsp3) is 1.00. The smallest absolute Gasteiger partial charge is 0.269 e. The molecule has 5 nitrogen and oxygen atoms in total. The van der Waals surface area contributed by atoms with Crippen LogP contribution in [0.2, 0.25) is 0 Å². The van der Waals surface area contributed by atoms with Crippen LogP contribution in [0.15, 0.2) is 0 Å². The first-order valence-corrected chi connectivity index (χ1v) is 6.91. The minimum Gasteiger partial charge on any atom is -0.285 e. The first-order valence-electron chi connectivity index (χ1n) is 3.07. The van der Waals surface area contributed by atoms with Crippen LogP contribution in [-0.4, -0.2) is 43.4 Å². The van der Waals surface area contributed by atoms with Gasteiger partial charge in [-0.2, -0.15) is 21.0 Å². The summed E-state index contributed by atoms with van der Waals surface area (Å²) >= 11 is 3.78. The highest BCUT2D eigenvalue weighted by atomic mass is 32.2. The second kappa shape index (κ2) is 2.86. The van der Waals surface area contributed by atoms with E-state index in [1.165, 1.54) is 0 Å². The fourth-order valence-electron chi connectivity index (χ4n) is 1.08. The Labute approximate surface area is 76.2 Å². The molecule has 0 unspecified atom stereocenters. The molecular weight excluding hydrogens is 224 g/mol. The second-order valence-corrected chi connectivity index (χ2v) is 7.15. The molecule has 1 rings (SSSR count). The minimum absolute atomic E-state index is 0.291. The molecule has 2 atom stereocenters. The lowest BCUT2D eigenvalue weighted by atomic mass is 10.4. The van der Waals surface area contributed by atoms with Crippen molar-refractivity contribution in [3.8, 4) is 0 Å². The van der Waals surface area contributed by atoms with Gasteiger partial charge in [-0.05, 0) is 0 Å². The highest BCUT2D eigenvalue weighted by molar-refractivity contribution is 7.96. The molecule has 12 heavy (non-hydrogen) atoms. The van der Waals surface area contributed by atoms with Gasteiger partial charge in [0.25, 0.3) is 10.1 Å². The lowest BCUT2D eigenvalue weighted by Gasteiger charge is -2.07. The molecule has 8 heteroatoms. The maximum Gasteiger partial charge on any atom is 0.269 e. The van der Waals surface area contributed by atoms with Crippen LogP contribution >= 0.6 is 12.6 Å². The van der Waals surface area contributed by atoms with E-state index in [2.05, 4.69) is 12.6 Å². The molecule has 0 aliphatic carbocycles. The van der Waals surface area contributed by atoms with E-state index in [1.807, 2.05) is 0 Å². The normalized spacial score (nSPS) is 35.2. The van der Waals surface area contributed by atoms with Crippen molar-refractivity contribution in [2.75, 3.05) is 11.5 Å². The van der Waals surface area contributed by atoms with Gasteiger partial charge in [0.2, 0.25) is 0 Å². The van der Waals surface area contributed by atoms with E-state index < -0.39 is 36.2 Å². The van der Waals surface area contributed by atoms with E-state index in [9.17, 15) is 16.8 Å². The number of hydrogen-bond donors (Lipinski definition) is 2. The van der Waals surface area contributed by atoms with Crippen LogP contribution in [-0.2, 0) is 20.0 Å². The van der Waals surface area contributed by atoms with Gasteiger partial charge < -0.3 is 0 Å². The third-order valence-corrected chi connectivity index (χ3v) is 5.85. The quantitative estimate of drug-likeness (QED) is 0.446. The maximum absolute atomic E-state index is 10.9. The molecule has 1 saturated heterocycles. The second-order valence-electron chi connectivity index (χ2n) is 2.70. The standard InChI is InChI=1S/C4H8O5S3/c5-11(6)1-3(10)4(2-11)12(7,8)9/h3-4,10H,1-2H2,(H,7,8,9)/t3-,4+/m1/s1. The summed E-state index contributed by atoms with van der Waals surface area (Å²) in [4.78, 5) is 0. The lowest BCUT2D eigenvalue weighted by Crippen LogP contribution is -2.28. The Morgan fingerprint density at radius 1 is 1.33 bits per heavy atom. The molecule has 1 N–H and O–H groups in total. The van der Waals surface area contributed by atoms with Gasteiger partial charge in [0.1, 0.15) is 5.25 Å². The van der Waals surface area contributed by atoms with Crippen LogP contribution in [0.25, 0.3) is 0 Å². The minimum atomic E-state index is -4.28. The Kier molecular flexibility index (Phi) is 2.45. The first-order chi connectivity index (χ1) is 5.22. The van der Waals surface area contributed by atoms with Crippen molar-refractivity contribution in [2.45, 2.75) is 10.5 Å². The Bertz CT molecular complexity index is 365. The SMILES string of the molecule is O=S1(=O)C[C@@H](S)[C@@H](S(=O)(=O)O)C1. The number of sulfone groups is 1. The van der Waals surface area contributed by atoms with Crippen molar-refractivity contribution in [1.29, 1.82) is 0 Å². The molecule has 1 fully saturated rings. The Hall–Kier alpha value is 0.210. The summed E-state index contributed by atoms with van der Waals surface area (Å²) in [5, 5.41) is -2.09. The van der Waals surface area contributed by atoms with Crippen LogP contribution in [0, 0.1) is 0 Å². The van der Waals surface area contributed by atoms with Crippen LogP contribution in [0.5, 0.6) is 0 Å². The molecule has 0 amide bonds. The van der Waals surface area contributed by atoms with Crippen molar-refractivity contribution >= 4 is 32.6 Å². The molecule has 0 radical (unpaired) electrons. The van der Waals surface area contributed by atoms with E-state index >= 15 is 0 Å². The fourth-order valence-corrected chi connectivity index (χ4v) is 6.02. The largest absolute Gasteiger partial charge is 0.285 e. The Balaban J connectivity index is 3.01. The summed E-state index contributed by atoms with van der Waals surface area (Å²) in [6.07, 6.45) is 0. The molecule has 1 heterocycles. The van der Waals surface area contributed by atoms with Gasteiger partial charge in [0, 0.05) is 5.25 Å². The van der Waals surface area contributed by atoms with Gasteiger partial charge in [0.15, 0.2) is 9.84 Å². The van der Waals surface area contributed by atoms with E-state index in [0.717, 1.165) is 0 Å². The zero-order chi connectivity index (χ0) is 9.57. The van der Waals surface area contributed by atoms with Gasteiger partial charge in [-0.1, -0.05) is 0 Å². The molecule has 0 saturated carbocycles. The van der Waals surface area contributed by atoms with Gasteiger partial charge in [-0.3, -0.25) is 4.55 Å². The zero-order valence-corrected chi connectivity index (χ0v) is 8.44. The van der Waals surface area contributed by atoms with E-state index in [4.69, 9.17) is 4.55 Å². The van der Waals surface area contributed by atoms with Gasteiger partial charge >= 0.3 is 0 Å². The third-order valence-electron chi connectivity index (χ3n) is 1.65. The number of thiol groups is 1. The molecule has 0 spiro atoms. The molecule has 0 aromatic rings. The van der Waals surface area contributed by atoms with E-state index in [1.54, 1.807) is 0 Å². The third kappa shape index (κ3) is 2.12. The predicted molar refractivity (Wildman–Crippen MR) is 46.8 cm³/mol. The van der Waals surface area contributed by atoms with Gasteiger partial charge in [-0.15, -0.1) is 0 Å². The number of hydrogen-bond acceptors (Lipinski definition) is 5. The van der Waals surface area contributed by atoms with Gasteiger partial charge in [-0.25, -0.2) is 8.42 Å². The van der Waals surface area contributed by atoms with Gasteiger partial charge in [0.05, 0.1) is 11.5 Å². The van der Waals surface area contributed by atoms with Crippen molar-refractivity contribution in [1.82, 2.24) is 0 Å². The summed E-state index contributed by atoms with van der Waals surface area (Å²) in [7, 11) is -7.62. The van der Waals surface area contributed by atoms with Crippen LogP contribution in [0.3, 0.4) is 0 Å². The summed E-state index contributed by atoms with van der Waals surface area (Å²) in [6, 6.07) is 0. The first kappa shape index (κ1) is 10.3. The predicted octanol–water partition coefficient (Wildman–Crippen LogP) is -1.03. The zero-order valence-electron chi connectivity index (χ0n) is 5.91. The molecule has 1 aliphatic rings. The topological polar surface area (TPSA) is 88.5 Å². The van der Waals surface area contributed by atoms with Crippen LogP contribution < -0.4 is 0 Å². The summed E-state index contributed by atoms with van der Waals surface area (Å²) < 4.78 is 51.5. The monoisotopic (exact) mass is 232 g/mol. The average Bonchev–Trinajstić information content (AvgIpc) is 2.03. The number of rotatable bonds is 1. The van der Waals surface area contributed by atoms with Crippen molar-refractivity contribution in [3.63, 3.8) is 0 Å². The Morgan fingerprint density at radius 2 is 1.83 bits per heavy atom. The Morgan fingerprint density at radius 3 is 2.00 bits per heavy atom. The average molecular weight is 232 g/mol. The molecule has 0 aromatic carbocycles. The molecule has 0 bridgehead atoms. The van der Waals surface area contributed by atoms with Crippen LogP contribution in [0.1, 0.15) is 0 Å². The van der Waals surface area contributed by atoms with Crippen molar-refractivity contribution in [3.05, 3.63) is 0 Å². The molecule has 72 valence electrons. The van der Waals surface area contributed by atoms with E-state index in [-0.39, 0.29) is 5.75 Å². The lowest BCUT2D eigenvalue weighted by molar-refractivity contribution is 0.472. The maximum atomic E-state index is 10.9. The van der Waals surface area contributed by atoms with E-state index in [0.29, 0.717) is 0 Å². The van der Waals surface area contributed by atoms with Crippen LogP contribution in [0.4, 0.5) is 0 Å². The highest BCUT2D eigenvalue weighted by Crippen LogP contribution is 2.22. The molecular formula is C4H8O5S3.